The van der Waals surface area contributed by atoms with E-state index in [-0.39, 0.29) is 42.7 Å². The fourth-order valence-electron chi connectivity index (χ4n) is 3.86. The average molecular weight is 457 g/mol. The van der Waals surface area contributed by atoms with Gasteiger partial charge in [0.05, 0.1) is 6.54 Å². The number of benzene rings is 1. The van der Waals surface area contributed by atoms with Crippen molar-refractivity contribution in [3.8, 4) is 10.6 Å². The minimum absolute atomic E-state index is 0. The van der Waals surface area contributed by atoms with Gasteiger partial charge in [-0.1, -0.05) is 12.1 Å². The summed E-state index contributed by atoms with van der Waals surface area (Å²) in [5.41, 5.74) is 2.66. The predicted molar refractivity (Wildman–Crippen MR) is 120 cm³/mol. The van der Waals surface area contributed by atoms with Gasteiger partial charge in [-0.3, -0.25) is 9.59 Å². The number of likely N-dealkylation sites (tertiary alicyclic amines) is 1. The van der Waals surface area contributed by atoms with Crippen LogP contribution < -0.4 is 5.32 Å². The molecule has 0 radical (unpaired) electrons. The Morgan fingerprint density at radius 2 is 2.10 bits per heavy atom. The quantitative estimate of drug-likeness (QED) is 0.770. The normalized spacial score (nSPS) is 19.3. The molecule has 1 aromatic heterocycles. The van der Waals surface area contributed by atoms with Crippen LogP contribution in [0, 0.1) is 6.92 Å². The highest BCUT2D eigenvalue weighted by atomic mass is 35.5. The number of piperazine rings is 1. The van der Waals surface area contributed by atoms with E-state index >= 15 is 0 Å². The van der Waals surface area contributed by atoms with Crippen LogP contribution in [0.15, 0.2) is 29.6 Å². The van der Waals surface area contributed by atoms with Gasteiger partial charge >= 0.3 is 0 Å². The Balaban J connectivity index is 0.00000150. The van der Waals surface area contributed by atoms with E-state index in [9.17, 15) is 9.59 Å². The third-order valence-corrected chi connectivity index (χ3v) is 6.24. The molecule has 4 rings (SSSR count). The number of carbonyl (C=O) groups excluding carboxylic acids is 2. The molecule has 0 aliphatic carbocycles. The average Bonchev–Trinajstić information content (AvgIpc) is 3.14. The van der Waals surface area contributed by atoms with Crippen molar-refractivity contribution in [2.24, 2.45) is 0 Å². The summed E-state index contributed by atoms with van der Waals surface area (Å²) in [5, 5.41) is 6.06. The lowest BCUT2D eigenvalue weighted by Gasteiger charge is -2.41. The molecule has 1 aromatic carbocycles. The van der Waals surface area contributed by atoms with Crippen LogP contribution in [0.2, 0.25) is 0 Å². The summed E-state index contributed by atoms with van der Waals surface area (Å²) in [4.78, 5) is 33.7. The zero-order valence-electron chi connectivity index (χ0n) is 16.3. The van der Waals surface area contributed by atoms with Crippen molar-refractivity contribution in [1.29, 1.82) is 0 Å². The third kappa shape index (κ3) is 5.28. The van der Waals surface area contributed by atoms with Crippen molar-refractivity contribution in [2.45, 2.75) is 25.8 Å². The maximum Gasteiger partial charge on any atom is 0.253 e. The largest absolute Gasteiger partial charge is 0.337 e. The van der Waals surface area contributed by atoms with E-state index in [1.165, 1.54) is 0 Å². The fourth-order valence-corrected chi connectivity index (χ4v) is 4.65. The molecule has 29 heavy (non-hydrogen) atoms. The van der Waals surface area contributed by atoms with Gasteiger partial charge in [-0.25, -0.2) is 4.98 Å². The van der Waals surface area contributed by atoms with Gasteiger partial charge in [-0.2, -0.15) is 0 Å². The Kier molecular flexibility index (Phi) is 8.46. The van der Waals surface area contributed by atoms with E-state index < -0.39 is 0 Å². The molecule has 0 bridgehead atoms. The number of amides is 2. The van der Waals surface area contributed by atoms with Crippen LogP contribution in [0.25, 0.3) is 10.6 Å². The topological polar surface area (TPSA) is 65.5 Å². The van der Waals surface area contributed by atoms with E-state index in [1.54, 1.807) is 11.3 Å². The molecule has 1 atom stereocenters. The van der Waals surface area contributed by atoms with Gasteiger partial charge in [-0.05, 0) is 31.9 Å². The number of carbonyl (C=O) groups is 2. The van der Waals surface area contributed by atoms with Gasteiger partial charge in [0.25, 0.3) is 5.91 Å². The molecule has 2 saturated heterocycles. The Hall–Kier alpha value is -1.67. The summed E-state index contributed by atoms with van der Waals surface area (Å²) in [6.45, 7) is 5.29. The highest BCUT2D eigenvalue weighted by Crippen LogP contribution is 2.25. The maximum absolute atomic E-state index is 13.1. The molecule has 2 aliphatic rings. The van der Waals surface area contributed by atoms with Gasteiger partial charge in [0.1, 0.15) is 5.01 Å². The zero-order chi connectivity index (χ0) is 18.8. The summed E-state index contributed by atoms with van der Waals surface area (Å²) >= 11 is 1.59. The lowest BCUT2D eigenvalue weighted by atomic mass is 10.0. The SMILES string of the molecule is Cc1csc(-c2cccc(C(=O)N3CCCC(N4CCNCC4=O)C3)c2)n1.Cl.Cl. The molecule has 2 aliphatic heterocycles. The van der Waals surface area contributed by atoms with Crippen LogP contribution in [0.5, 0.6) is 0 Å². The van der Waals surface area contributed by atoms with Gasteiger partial charge in [0.2, 0.25) is 5.91 Å². The first-order valence-corrected chi connectivity index (χ1v) is 10.3. The maximum atomic E-state index is 13.1. The molecule has 2 fully saturated rings. The molecule has 0 saturated carbocycles. The van der Waals surface area contributed by atoms with Crippen molar-refractivity contribution >= 4 is 48.0 Å². The second kappa shape index (κ2) is 10.4. The van der Waals surface area contributed by atoms with E-state index in [2.05, 4.69) is 10.3 Å². The van der Waals surface area contributed by atoms with Crippen molar-refractivity contribution in [2.75, 3.05) is 32.7 Å². The first kappa shape index (κ1) is 23.6. The number of hydrogen-bond acceptors (Lipinski definition) is 5. The third-order valence-electron chi connectivity index (χ3n) is 5.23. The number of piperidine rings is 1. The summed E-state index contributed by atoms with van der Waals surface area (Å²) in [5.74, 6) is 0.180. The van der Waals surface area contributed by atoms with Gasteiger partial charge in [-0.15, -0.1) is 36.2 Å². The predicted octanol–water partition coefficient (Wildman–Crippen LogP) is 3.00. The summed E-state index contributed by atoms with van der Waals surface area (Å²) in [7, 11) is 0. The number of hydrogen-bond donors (Lipinski definition) is 1. The number of aryl methyl sites for hydroxylation is 1. The fraction of sp³-hybridized carbons (Fsp3) is 0.450. The Labute approximate surface area is 187 Å². The number of aromatic nitrogens is 1. The number of nitrogens with zero attached hydrogens (tertiary/aromatic N) is 3. The van der Waals surface area contributed by atoms with Crippen LogP contribution in [0.3, 0.4) is 0 Å². The molecular formula is C20H26Cl2N4O2S. The highest BCUT2D eigenvalue weighted by Gasteiger charge is 2.32. The molecular weight excluding hydrogens is 431 g/mol. The smallest absolute Gasteiger partial charge is 0.253 e. The molecule has 2 aromatic rings. The first-order valence-electron chi connectivity index (χ1n) is 9.44. The van der Waals surface area contributed by atoms with Crippen LogP contribution in [-0.2, 0) is 4.79 Å². The minimum atomic E-state index is 0. The van der Waals surface area contributed by atoms with Crippen LogP contribution in [0.4, 0.5) is 0 Å². The van der Waals surface area contributed by atoms with E-state index in [1.807, 2.05) is 46.4 Å². The summed E-state index contributed by atoms with van der Waals surface area (Å²) < 4.78 is 0. The highest BCUT2D eigenvalue weighted by molar-refractivity contribution is 7.13. The molecule has 9 heteroatoms. The van der Waals surface area contributed by atoms with Gasteiger partial charge < -0.3 is 15.1 Å². The molecule has 3 heterocycles. The van der Waals surface area contributed by atoms with Crippen molar-refractivity contribution < 1.29 is 9.59 Å². The number of thiazole rings is 1. The lowest BCUT2D eigenvalue weighted by molar-refractivity contribution is -0.135. The first-order chi connectivity index (χ1) is 13.1. The van der Waals surface area contributed by atoms with Gasteiger partial charge in [0, 0.05) is 54.4 Å². The molecule has 1 N–H and O–H groups in total. The van der Waals surface area contributed by atoms with Crippen LogP contribution >= 0.6 is 36.2 Å². The molecule has 2 amide bonds. The Morgan fingerprint density at radius 1 is 1.28 bits per heavy atom. The Morgan fingerprint density at radius 3 is 2.83 bits per heavy atom. The van der Waals surface area contributed by atoms with Crippen molar-refractivity contribution in [3.05, 3.63) is 40.9 Å². The number of halogens is 2. The standard InChI is InChI=1S/C20H24N4O2S.2ClH/c1-14-13-27-19(22-14)15-4-2-5-16(10-15)20(26)23-8-3-6-17(12-23)24-9-7-21-11-18(24)25;;/h2,4-5,10,13,17,21H,3,6-9,11-12H2,1H3;2*1H. The van der Waals surface area contributed by atoms with Gasteiger partial charge in [0.15, 0.2) is 0 Å². The van der Waals surface area contributed by atoms with Crippen LogP contribution in [-0.4, -0.2) is 65.4 Å². The second-order valence-electron chi connectivity index (χ2n) is 7.19. The van der Waals surface area contributed by atoms with Crippen LogP contribution in [0.1, 0.15) is 28.9 Å². The van der Waals surface area contributed by atoms with Crippen molar-refractivity contribution in [1.82, 2.24) is 20.1 Å². The molecule has 0 spiro atoms. The number of rotatable bonds is 3. The van der Waals surface area contributed by atoms with Crippen molar-refractivity contribution in [3.63, 3.8) is 0 Å². The van der Waals surface area contributed by atoms with E-state index in [0.717, 1.165) is 48.7 Å². The molecule has 158 valence electrons. The zero-order valence-corrected chi connectivity index (χ0v) is 18.7. The van der Waals surface area contributed by atoms with E-state index in [4.69, 9.17) is 0 Å². The lowest BCUT2D eigenvalue weighted by Crippen LogP contribution is -2.57. The summed E-state index contributed by atoms with van der Waals surface area (Å²) in [6, 6.07) is 7.84. The summed E-state index contributed by atoms with van der Waals surface area (Å²) in [6.07, 6.45) is 1.90. The monoisotopic (exact) mass is 456 g/mol. The molecule has 1 unspecified atom stereocenters. The Bertz CT molecular complexity index is 861. The second-order valence-corrected chi connectivity index (χ2v) is 8.04. The molecule has 6 nitrogen and oxygen atoms in total. The number of nitrogens with one attached hydrogen (secondary N) is 1. The van der Waals surface area contributed by atoms with E-state index in [0.29, 0.717) is 18.7 Å². The minimum Gasteiger partial charge on any atom is -0.337 e.